The molecule has 0 saturated carbocycles. The zero-order chi connectivity index (χ0) is 13.6. The second-order valence-electron chi connectivity index (χ2n) is 3.39. The van der Waals surface area contributed by atoms with Crippen LogP contribution in [0.25, 0.3) is 0 Å². The first-order valence-electron chi connectivity index (χ1n) is 4.78. The Morgan fingerprint density at radius 1 is 1.24 bits per heavy atom. The number of alkyl halides is 6. The van der Waals surface area contributed by atoms with E-state index in [0.29, 0.717) is 0 Å². The Hall–Kier alpha value is -0.400. The van der Waals surface area contributed by atoms with Gasteiger partial charge < -0.3 is 0 Å². The number of hydrogen-bond acceptors (Lipinski definition) is 2. The fourth-order valence-electron chi connectivity index (χ4n) is 1.02. The number of rotatable bonds is 6. The van der Waals surface area contributed by atoms with Crippen molar-refractivity contribution in [3.63, 3.8) is 0 Å². The lowest BCUT2D eigenvalue weighted by Crippen LogP contribution is -2.39. The van der Waals surface area contributed by atoms with Crippen molar-refractivity contribution in [1.29, 1.82) is 0 Å². The number of halogens is 6. The van der Waals surface area contributed by atoms with Crippen molar-refractivity contribution in [3.05, 3.63) is 0 Å². The smallest absolute Gasteiger partial charge is 0.288 e. The van der Waals surface area contributed by atoms with E-state index in [0.717, 1.165) is 11.8 Å². The fourth-order valence-corrected chi connectivity index (χ4v) is 1.62. The average molecular weight is 282 g/mol. The Kier molecular flexibility index (Phi) is 6.96. The SMILES string of the molecule is CC(=O)SCCCC(F)C(F)C(F)C(F)(F)F. The van der Waals surface area contributed by atoms with Crippen molar-refractivity contribution in [2.75, 3.05) is 5.75 Å². The number of carbonyl (C=O) groups excluding carboxylic acids is 1. The van der Waals surface area contributed by atoms with E-state index in [1.807, 2.05) is 0 Å². The molecule has 0 aliphatic heterocycles. The van der Waals surface area contributed by atoms with Gasteiger partial charge in [0.25, 0.3) is 0 Å². The maximum Gasteiger partial charge on any atom is 0.422 e. The fraction of sp³-hybridized carbons (Fsp3) is 0.889. The van der Waals surface area contributed by atoms with E-state index < -0.39 is 31.1 Å². The highest BCUT2D eigenvalue weighted by Gasteiger charge is 2.48. The summed E-state index contributed by atoms with van der Waals surface area (Å²) >= 11 is 0.855. The lowest BCUT2D eigenvalue weighted by atomic mass is 10.1. The van der Waals surface area contributed by atoms with Crippen LogP contribution in [0.5, 0.6) is 0 Å². The van der Waals surface area contributed by atoms with Crippen molar-refractivity contribution in [2.24, 2.45) is 0 Å². The van der Waals surface area contributed by atoms with E-state index in [4.69, 9.17) is 0 Å². The highest BCUT2D eigenvalue weighted by atomic mass is 32.2. The van der Waals surface area contributed by atoms with Crippen molar-refractivity contribution in [1.82, 2.24) is 0 Å². The summed E-state index contributed by atoms with van der Waals surface area (Å²) in [5.41, 5.74) is 0. The molecule has 0 rings (SSSR count). The van der Waals surface area contributed by atoms with Crippen LogP contribution >= 0.6 is 11.8 Å². The summed E-state index contributed by atoms with van der Waals surface area (Å²) in [4.78, 5) is 10.4. The van der Waals surface area contributed by atoms with E-state index in [-0.39, 0.29) is 17.3 Å². The molecule has 3 unspecified atom stereocenters. The van der Waals surface area contributed by atoms with Gasteiger partial charge in [-0.15, -0.1) is 0 Å². The number of carbonyl (C=O) groups is 1. The standard InChI is InChI=1S/C9H12F6OS/c1-5(16)17-4-2-3-6(10)7(11)8(12)9(13,14)15/h6-8H,2-4H2,1H3. The summed E-state index contributed by atoms with van der Waals surface area (Å²) < 4.78 is 73.2. The first-order chi connectivity index (χ1) is 7.66. The minimum Gasteiger partial charge on any atom is -0.288 e. The summed E-state index contributed by atoms with van der Waals surface area (Å²) in [6.45, 7) is 1.27. The number of hydrogen-bond donors (Lipinski definition) is 0. The van der Waals surface area contributed by atoms with Crippen molar-refractivity contribution in [3.8, 4) is 0 Å². The maximum absolute atomic E-state index is 12.9. The third-order valence-corrected chi connectivity index (χ3v) is 2.77. The molecule has 0 radical (unpaired) electrons. The predicted molar refractivity (Wildman–Crippen MR) is 53.1 cm³/mol. The topological polar surface area (TPSA) is 17.1 Å². The summed E-state index contributed by atoms with van der Waals surface area (Å²) in [5, 5.41) is -0.226. The van der Waals surface area contributed by atoms with Crippen LogP contribution in [0, 0.1) is 0 Å². The van der Waals surface area contributed by atoms with Gasteiger partial charge in [0.05, 0.1) is 0 Å². The molecule has 0 fully saturated rings. The third-order valence-electron chi connectivity index (χ3n) is 1.87. The predicted octanol–water partition coefficient (Wildman–Crippen LogP) is 3.62. The molecule has 0 N–H and O–H groups in total. The summed E-state index contributed by atoms with van der Waals surface area (Å²) in [6, 6.07) is 0. The molecule has 1 nitrogen and oxygen atoms in total. The van der Waals surface area contributed by atoms with Crippen LogP contribution in [-0.4, -0.2) is 35.6 Å². The van der Waals surface area contributed by atoms with Gasteiger partial charge in [-0.05, 0) is 12.8 Å². The van der Waals surface area contributed by atoms with E-state index in [9.17, 15) is 31.1 Å². The van der Waals surface area contributed by atoms with Crippen LogP contribution in [0.1, 0.15) is 19.8 Å². The van der Waals surface area contributed by atoms with Gasteiger partial charge in [0.2, 0.25) is 6.17 Å². The first kappa shape index (κ1) is 16.6. The van der Waals surface area contributed by atoms with Gasteiger partial charge in [-0.3, -0.25) is 4.79 Å². The molecule has 17 heavy (non-hydrogen) atoms. The Labute approximate surface area is 98.9 Å². The molecule has 102 valence electrons. The molecule has 0 aliphatic carbocycles. The number of thioether (sulfide) groups is 1. The van der Waals surface area contributed by atoms with E-state index >= 15 is 0 Å². The van der Waals surface area contributed by atoms with Crippen LogP contribution in [0.3, 0.4) is 0 Å². The Bertz CT molecular complexity index is 244. The summed E-state index contributed by atoms with van der Waals surface area (Å²) in [6.07, 6.45) is -15.5. The van der Waals surface area contributed by atoms with Gasteiger partial charge in [0, 0.05) is 12.7 Å². The molecule has 0 heterocycles. The lowest BCUT2D eigenvalue weighted by molar-refractivity contribution is -0.202. The van der Waals surface area contributed by atoms with E-state index in [1.165, 1.54) is 6.92 Å². The minimum absolute atomic E-state index is 0.0103. The average Bonchev–Trinajstić information content (AvgIpc) is 2.20. The monoisotopic (exact) mass is 282 g/mol. The van der Waals surface area contributed by atoms with Crippen molar-refractivity contribution < 1.29 is 31.1 Å². The van der Waals surface area contributed by atoms with Crippen molar-refractivity contribution >= 4 is 16.9 Å². The van der Waals surface area contributed by atoms with Crippen LogP contribution in [0.4, 0.5) is 26.3 Å². The molecular formula is C9H12F6OS. The second kappa shape index (κ2) is 7.13. The summed E-state index contributed by atoms with van der Waals surface area (Å²) in [5.74, 6) is 0.172. The molecule has 8 heteroatoms. The van der Waals surface area contributed by atoms with Crippen LogP contribution in [0.2, 0.25) is 0 Å². The molecule has 0 bridgehead atoms. The zero-order valence-corrected chi connectivity index (χ0v) is 9.75. The van der Waals surface area contributed by atoms with Gasteiger partial charge in [0.1, 0.15) is 6.17 Å². The lowest BCUT2D eigenvalue weighted by Gasteiger charge is -2.19. The highest BCUT2D eigenvalue weighted by Crippen LogP contribution is 2.30. The molecule has 0 aromatic rings. The van der Waals surface area contributed by atoms with Crippen LogP contribution in [0.15, 0.2) is 0 Å². The summed E-state index contributed by atoms with van der Waals surface area (Å²) in [7, 11) is 0. The first-order valence-corrected chi connectivity index (χ1v) is 5.77. The van der Waals surface area contributed by atoms with E-state index in [1.54, 1.807) is 0 Å². The molecule has 0 spiro atoms. The highest BCUT2D eigenvalue weighted by molar-refractivity contribution is 8.13. The molecular weight excluding hydrogens is 270 g/mol. The largest absolute Gasteiger partial charge is 0.422 e. The van der Waals surface area contributed by atoms with Gasteiger partial charge in [-0.2, -0.15) is 13.2 Å². The molecule has 3 atom stereocenters. The molecule has 0 aromatic heterocycles. The quantitative estimate of drug-likeness (QED) is 0.546. The Balaban J connectivity index is 3.97. The molecule has 0 aromatic carbocycles. The maximum atomic E-state index is 12.9. The van der Waals surface area contributed by atoms with Crippen LogP contribution in [-0.2, 0) is 4.79 Å². The van der Waals surface area contributed by atoms with Gasteiger partial charge >= 0.3 is 6.18 Å². The minimum atomic E-state index is -5.39. The normalized spacial score (nSPS) is 17.6. The molecule has 0 aliphatic rings. The van der Waals surface area contributed by atoms with Gasteiger partial charge in [0.15, 0.2) is 11.3 Å². The van der Waals surface area contributed by atoms with Gasteiger partial charge in [-0.25, -0.2) is 13.2 Å². The van der Waals surface area contributed by atoms with Crippen LogP contribution < -0.4 is 0 Å². The third kappa shape index (κ3) is 6.80. The Morgan fingerprint density at radius 3 is 2.18 bits per heavy atom. The van der Waals surface area contributed by atoms with Crippen molar-refractivity contribution in [2.45, 2.75) is 44.5 Å². The second-order valence-corrected chi connectivity index (χ2v) is 4.66. The zero-order valence-electron chi connectivity index (χ0n) is 8.94. The molecule has 0 saturated heterocycles. The Morgan fingerprint density at radius 2 is 1.76 bits per heavy atom. The van der Waals surface area contributed by atoms with Gasteiger partial charge in [-0.1, -0.05) is 11.8 Å². The molecule has 0 amide bonds. The van der Waals surface area contributed by atoms with E-state index in [2.05, 4.69) is 0 Å².